The largest absolute Gasteiger partial charge is 0.455 e. The second-order valence-corrected chi connectivity index (χ2v) is 15.6. The van der Waals surface area contributed by atoms with Gasteiger partial charge in [0.25, 0.3) is 0 Å². The Bertz CT molecular complexity index is 3560. The van der Waals surface area contributed by atoms with Crippen LogP contribution in [0, 0.1) is 0 Å². The molecule has 0 fully saturated rings. The molecule has 286 valence electrons. The zero-order chi connectivity index (χ0) is 40.3. The molecule has 0 amide bonds. The van der Waals surface area contributed by atoms with Gasteiger partial charge in [0.05, 0.1) is 11.1 Å². The lowest BCUT2D eigenvalue weighted by Gasteiger charge is -2.26. The molecule has 0 unspecified atom stereocenters. The molecule has 0 saturated heterocycles. The van der Waals surface area contributed by atoms with Gasteiger partial charge in [-0.2, -0.15) is 0 Å². The van der Waals surface area contributed by atoms with Crippen LogP contribution in [0.15, 0.2) is 233 Å². The number of benzene rings is 10. The second kappa shape index (κ2) is 14.3. The van der Waals surface area contributed by atoms with E-state index in [0.29, 0.717) is 0 Å². The molecule has 0 atom stereocenters. The van der Waals surface area contributed by atoms with E-state index in [4.69, 9.17) is 8.83 Å². The molecule has 61 heavy (non-hydrogen) atoms. The second-order valence-electron chi connectivity index (χ2n) is 15.6. The molecule has 0 radical (unpaired) electrons. The maximum atomic E-state index is 6.75. The maximum absolute atomic E-state index is 6.75. The molecule has 0 spiro atoms. The highest BCUT2D eigenvalue weighted by Gasteiger charge is 2.22. The molecule has 0 saturated carbocycles. The number of nitrogens with zero attached hydrogens (tertiary/aromatic N) is 1. The summed E-state index contributed by atoms with van der Waals surface area (Å²) >= 11 is 0. The molecule has 2 heterocycles. The van der Waals surface area contributed by atoms with Gasteiger partial charge in [0.15, 0.2) is 0 Å². The average Bonchev–Trinajstić information content (AvgIpc) is 3.91. The molecule has 2 aromatic heterocycles. The van der Waals surface area contributed by atoms with Crippen LogP contribution in [0.1, 0.15) is 0 Å². The Morgan fingerprint density at radius 1 is 0.295 bits per heavy atom. The number of fused-ring (bicyclic) bond motifs is 7. The number of furan rings is 2. The Labute approximate surface area is 353 Å². The first kappa shape index (κ1) is 34.9. The van der Waals surface area contributed by atoms with Crippen LogP contribution in [0.4, 0.5) is 17.1 Å². The molecule has 0 aliphatic heterocycles. The number of hydrogen-bond acceptors (Lipinski definition) is 3. The van der Waals surface area contributed by atoms with Gasteiger partial charge in [0.1, 0.15) is 22.3 Å². The minimum atomic E-state index is 0.847. The minimum absolute atomic E-state index is 0.847. The first-order chi connectivity index (χ1) is 30.2. The van der Waals surface area contributed by atoms with Crippen LogP contribution in [0.5, 0.6) is 0 Å². The average molecular weight is 780 g/mol. The summed E-state index contributed by atoms with van der Waals surface area (Å²) in [6, 6.07) is 79.7. The van der Waals surface area contributed by atoms with Gasteiger partial charge in [-0.25, -0.2) is 0 Å². The smallest absolute Gasteiger partial charge is 0.143 e. The maximum Gasteiger partial charge on any atom is 0.143 e. The summed E-state index contributed by atoms with van der Waals surface area (Å²) in [5, 5.41) is 6.86. The van der Waals surface area contributed by atoms with E-state index in [2.05, 4.69) is 217 Å². The highest BCUT2D eigenvalue weighted by Crippen LogP contribution is 2.46. The fourth-order valence-corrected chi connectivity index (χ4v) is 9.18. The van der Waals surface area contributed by atoms with Crippen molar-refractivity contribution < 1.29 is 8.83 Å². The summed E-state index contributed by atoms with van der Waals surface area (Å²) in [6.45, 7) is 0. The van der Waals surface area contributed by atoms with Crippen molar-refractivity contribution in [2.75, 3.05) is 4.90 Å². The van der Waals surface area contributed by atoms with Gasteiger partial charge in [-0.05, 0) is 92.7 Å². The summed E-state index contributed by atoms with van der Waals surface area (Å²) in [5.41, 5.74) is 15.7. The SMILES string of the molecule is c1ccc(-c2cccc3c2oc2cc(-c4ccc(N(c5ccc(-c6cccc7ccccc67)cc5)c5cccc6oc7c(-c8ccccc8)cccc7c56)cc4)ccc23)cc1. The van der Waals surface area contributed by atoms with Crippen LogP contribution in [0.3, 0.4) is 0 Å². The van der Waals surface area contributed by atoms with Crippen molar-refractivity contribution in [3.8, 4) is 44.5 Å². The fraction of sp³-hybridized carbons (Fsp3) is 0. The van der Waals surface area contributed by atoms with E-state index in [9.17, 15) is 0 Å². The van der Waals surface area contributed by atoms with Crippen LogP contribution in [0.25, 0.3) is 99.2 Å². The number of rotatable bonds is 7. The molecule has 3 heteroatoms. The number of para-hydroxylation sites is 2. The zero-order valence-electron chi connectivity index (χ0n) is 33.1. The first-order valence-corrected chi connectivity index (χ1v) is 20.7. The topological polar surface area (TPSA) is 29.5 Å². The molecule has 12 aromatic rings. The van der Waals surface area contributed by atoms with Crippen molar-refractivity contribution in [1.29, 1.82) is 0 Å². The summed E-state index contributed by atoms with van der Waals surface area (Å²) < 4.78 is 13.4. The van der Waals surface area contributed by atoms with Crippen LogP contribution in [-0.2, 0) is 0 Å². The quantitative estimate of drug-likeness (QED) is 0.161. The summed E-state index contributed by atoms with van der Waals surface area (Å²) in [6.07, 6.45) is 0. The van der Waals surface area contributed by atoms with E-state index in [1.165, 1.54) is 21.9 Å². The van der Waals surface area contributed by atoms with Gasteiger partial charge >= 0.3 is 0 Å². The molecular formula is C58H37NO2. The fourth-order valence-electron chi connectivity index (χ4n) is 9.18. The van der Waals surface area contributed by atoms with Gasteiger partial charge in [-0.15, -0.1) is 0 Å². The number of hydrogen-bond donors (Lipinski definition) is 0. The first-order valence-electron chi connectivity index (χ1n) is 20.7. The Balaban J connectivity index is 0.986. The minimum Gasteiger partial charge on any atom is -0.455 e. The molecule has 0 bridgehead atoms. The Hall–Kier alpha value is -8.14. The summed E-state index contributed by atoms with van der Waals surface area (Å²) in [5.74, 6) is 0. The third-order valence-corrected chi connectivity index (χ3v) is 12.1. The molecule has 0 N–H and O–H groups in total. The van der Waals surface area contributed by atoms with Crippen molar-refractivity contribution in [3.05, 3.63) is 224 Å². The van der Waals surface area contributed by atoms with Crippen molar-refractivity contribution in [1.82, 2.24) is 0 Å². The van der Waals surface area contributed by atoms with Crippen molar-refractivity contribution in [2.24, 2.45) is 0 Å². The van der Waals surface area contributed by atoms with E-state index in [1.807, 2.05) is 12.1 Å². The lowest BCUT2D eigenvalue weighted by Crippen LogP contribution is -2.10. The Morgan fingerprint density at radius 2 is 0.803 bits per heavy atom. The molecule has 0 aliphatic carbocycles. The predicted molar refractivity (Wildman–Crippen MR) is 255 cm³/mol. The molecule has 12 rings (SSSR count). The molecule has 3 nitrogen and oxygen atoms in total. The van der Waals surface area contributed by atoms with Crippen molar-refractivity contribution in [3.63, 3.8) is 0 Å². The Morgan fingerprint density at radius 3 is 1.52 bits per heavy atom. The normalized spacial score (nSPS) is 11.6. The summed E-state index contributed by atoms with van der Waals surface area (Å²) in [7, 11) is 0. The van der Waals surface area contributed by atoms with Gasteiger partial charge in [0, 0.05) is 38.7 Å². The number of anilines is 3. The Kier molecular flexibility index (Phi) is 8.17. The molecular weight excluding hydrogens is 743 g/mol. The van der Waals surface area contributed by atoms with E-state index < -0.39 is 0 Å². The van der Waals surface area contributed by atoms with Crippen LogP contribution in [0.2, 0.25) is 0 Å². The van der Waals surface area contributed by atoms with Crippen LogP contribution in [-0.4, -0.2) is 0 Å². The molecule has 0 aliphatic rings. The zero-order valence-corrected chi connectivity index (χ0v) is 33.1. The highest BCUT2D eigenvalue weighted by atomic mass is 16.3. The van der Waals surface area contributed by atoms with E-state index >= 15 is 0 Å². The lowest BCUT2D eigenvalue weighted by atomic mass is 9.97. The van der Waals surface area contributed by atoms with Crippen molar-refractivity contribution >= 4 is 71.7 Å². The third kappa shape index (κ3) is 5.90. The third-order valence-electron chi connectivity index (χ3n) is 12.1. The highest BCUT2D eigenvalue weighted by molar-refractivity contribution is 6.16. The summed E-state index contributed by atoms with van der Waals surface area (Å²) in [4.78, 5) is 2.36. The van der Waals surface area contributed by atoms with Gasteiger partial charge < -0.3 is 13.7 Å². The van der Waals surface area contributed by atoms with Crippen LogP contribution >= 0.6 is 0 Å². The molecule has 10 aromatic carbocycles. The van der Waals surface area contributed by atoms with Gasteiger partial charge in [0.2, 0.25) is 0 Å². The monoisotopic (exact) mass is 779 g/mol. The predicted octanol–water partition coefficient (Wildman–Crippen LogP) is 16.8. The van der Waals surface area contributed by atoms with Crippen LogP contribution < -0.4 is 4.90 Å². The lowest BCUT2D eigenvalue weighted by molar-refractivity contribution is 0.669. The van der Waals surface area contributed by atoms with Gasteiger partial charge in [-0.1, -0.05) is 176 Å². The van der Waals surface area contributed by atoms with E-state index in [0.717, 1.165) is 94.3 Å². The standard InChI is InChI=1S/C58H37NO2/c1-3-13-40(14-4-1)48-21-10-23-51-50-36-31-43(37-55(50)61-57(48)51)38-27-32-44(33-28-38)59(45-34-29-42(30-35-45)47-20-9-18-39-17-7-8-19-46(39)47)53-25-12-26-54-56(53)52-24-11-22-49(58(52)60-54)41-15-5-2-6-16-41/h1-37H. The van der Waals surface area contributed by atoms with Gasteiger partial charge in [-0.3, -0.25) is 0 Å². The van der Waals surface area contributed by atoms with Crippen molar-refractivity contribution in [2.45, 2.75) is 0 Å². The van der Waals surface area contributed by atoms with E-state index in [1.54, 1.807) is 0 Å². The van der Waals surface area contributed by atoms with E-state index in [-0.39, 0.29) is 0 Å².